The van der Waals surface area contributed by atoms with Gasteiger partial charge in [-0.1, -0.05) is 48.7 Å². The highest BCUT2D eigenvalue weighted by Crippen LogP contribution is 2.35. The van der Waals surface area contributed by atoms with E-state index >= 15 is 0 Å². The molecule has 1 saturated heterocycles. The summed E-state index contributed by atoms with van der Waals surface area (Å²) >= 11 is 6.29. The van der Waals surface area contributed by atoms with Gasteiger partial charge in [-0.25, -0.2) is 8.42 Å². The highest BCUT2D eigenvalue weighted by atomic mass is 35.5. The van der Waals surface area contributed by atoms with E-state index in [4.69, 9.17) is 11.6 Å². The number of anilines is 1. The van der Waals surface area contributed by atoms with Gasteiger partial charge in [0.2, 0.25) is 10.0 Å². The van der Waals surface area contributed by atoms with Gasteiger partial charge in [-0.05, 0) is 66.5 Å². The van der Waals surface area contributed by atoms with Crippen molar-refractivity contribution in [3.63, 3.8) is 0 Å². The lowest BCUT2D eigenvalue weighted by atomic mass is 10.0. The van der Waals surface area contributed by atoms with E-state index in [1.807, 2.05) is 18.2 Å². The molecule has 32 heavy (non-hydrogen) atoms. The van der Waals surface area contributed by atoms with Gasteiger partial charge in [0.15, 0.2) is 0 Å². The number of nitrogens with one attached hydrogen (secondary N) is 1. The first-order valence-corrected chi connectivity index (χ1v) is 12.9. The maximum atomic E-state index is 13.3. The van der Waals surface area contributed by atoms with Crippen molar-refractivity contribution in [1.82, 2.24) is 4.31 Å². The van der Waals surface area contributed by atoms with Crippen LogP contribution in [0.4, 0.5) is 5.69 Å². The molecule has 166 valence electrons. The highest BCUT2D eigenvalue weighted by molar-refractivity contribution is 7.89. The van der Waals surface area contributed by atoms with Gasteiger partial charge in [0.25, 0.3) is 5.91 Å². The molecule has 1 heterocycles. The first-order valence-electron chi connectivity index (χ1n) is 11.1. The lowest BCUT2D eigenvalue weighted by molar-refractivity contribution is 0.102. The van der Waals surface area contributed by atoms with Crippen LogP contribution in [-0.2, 0) is 22.9 Å². The molecular weight excluding hydrogens is 444 g/mol. The third-order valence-corrected chi connectivity index (χ3v) is 8.88. The molecule has 0 spiro atoms. The minimum atomic E-state index is -3.76. The van der Waals surface area contributed by atoms with Gasteiger partial charge in [-0.3, -0.25) is 4.79 Å². The van der Waals surface area contributed by atoms with Crippen molar-refractivity contribution in [2.75, 3.05) is 18.4 Å². The molecular formula is C25H25ClN2O3S. The van der Waals surface area contributed by atoms with Gasteiger partial charge in [0.1, 0.15) is 4.90 Å². The first-order chi connectivity index (χ1) is 15.4. The minimum Gasteiger partial charge on any atom is -0.321 e. The molecule has 0 radical (unpaired) electrons. The fourth-order valence-corrected chi connectivity index (χ4v) is 6.83. The molecule has 5 nitrogen and oxygen atoms in total. The number of sulfonamides is 1. The molecule has 0 atom stereocenters. The Kier molecular flexibility index (Phi) is 5.70. The summed E-state index contributed by atoms with van der Waals surface area (Å²) in [5.74, 6) is -0.354. The molecule has 3 aromatic carbocycles. The predicted octanol–water partition coefficient (Wildman–Crippen LogP) is 5.41. The second-order valence-corrected chi connectivity index (χ2v) is 10.8. The second kappa shape index (κ2) is 8.50. The molecule has 0 saturated carbocycles. The largest absolute Gasteiger partial charge is 0.321 e. The van der Waals surface area contributed by atoms with Crippen LogP contribution in [0.25, 0.3) is 10.8 Å². The molecule has 5 rings (SSSR count). The summed E-state index contributed by atoms with van der Waals surface area (Å²) in [6, 6.07) is 14.6. The third-order valence-electron chi connectivity index (χ3n) is 6.50. The van der Waals surface area contributed by atoms with Gasteiger partial charge in [-0.2, -0.15) is 4.31 Å². The SMILES string of the molecule is O=C(Nc1ccc2c3c(cccc13)CC2)c1ccc(Cl)c(S(=O)(=O)N2CCCCCC2)c1. The van der Waals surface area contributed by atoms with Crippen molar-refractivity contribution in [1.29, 1.82) is 0 Å². The normalized spacial score (nSPS) is 16.8. The Labute approximate surface area is 193 Å². The van der Waals surface area contributed by atoms with Gasteiger partial charge < -0.3 is 5.32 Å². The van der Waals surface area contributed by atoms with Crippen molar-refractivity contribution in [3.05, 3.63) is 70.2 Å². The molecule has 1 aliphatic carbocycles. The number of carbonyl (C=O) groups excluding carboxylic acids is 1. The monoisotopic (exact) mass is 468 g/mol. The number of aryl methyl sites for hydroxylation is 2. The van der Waals surface area contributed by atoms with Crippen molar-refractivity contribution in [3.8, 4) is 0 Å². The summed E-state index contributed by atoms with van der Waals surface area (Å²) in [7, 11) is -3.76. The summed E-state index contributed by atoms with van der Waals surface area (Å²) in [5.41, 5.74) is 3.59. The van der Waals surface area contributed by atoms with E-state index in [9.17, 15) is 13.2 Å². The van der Waals surface area contributed by atoms with Crippen molar-refractivity contribution in [2.45, 2.75) is 43.4 Å². The van der Waals surface area contributed by atoms with Crippen LogP contribution < -0.4 is 5.32 Å². The Morgan fingerprint density at radius 1 is 0.906 bits per heavy atom. The average Bonchev–Trinajstić information content (AvgIpc) is 3.01. The maximum Gasteiger partial charge on any atom is 0.255 e. The Hall–Kier alpha value is -2.41. The van der Waals surface area contributed by atoms with Crippen LogP contribution in [0.15, 0.2) is 53.4 Å². The topological polar surface area (TPSA) is 66.5 Å². The Morgan fingerprint density at radius 2 is 1.62 bits per heavy atom. The molecule has 1 aliphatic heterocycles. The molecule has 7 heteroatoms. The highest BCUT2D eigenvalue weighted by Gasteiger charge is 2.28. The zero-order valence-corrected chi connectivity index (χ0v) is 19.3. The van der Waals surface area contributed by atoms with Crippen LogP contribution in [-0.4, -0.2) is 31.7 Å². The molecule has 3 aromatic rings. The molecule has 0 bridgehead atoms. The van der Waals surface area contributed by atoms with E-state index in [1.165, 1.54) is 33.0 Å². The number of hydrogen-bond donors (Lipinski definition) is 1. The van der Waals surface area contributed by atoms with Gasteiger partial charge in [-0.15, -0.1) is 0 Å². The summed E-state index contributed by atoms with van der Waals surface area (Å²) in [6.07, 6.45) is 5.75. The quantitative estimate of drug-likeness (QED) is 0.556. The van der Waals surface area contributed by atoms with E-state index in [1.54, 1.807) is 6.07 Å². The van der Waals surface area contributed by atoms with E-state index in [2.05, 4.69) is 17.4 Å². The van der Waals surface area contributed by atoms with E-state index in [0.29, 0.717) is 13.1 Å². The zero-order chi connectivity index (χ0) is 22.3. The van der Waals surface area contributed by atoms with Crippen LogP contribution in [0.2, 0.25) is 5.02 Å². The maximum absolute atomic E-state index is 13.3. The average molecular weight is 469 g/mol. The van der Waals surface area contributed by atoms with Crippen LogP contribution >= 0.6 is 11.6 Å². The van der Waals surface area contributed by atoms with Gasteiger partial charge in [0.05, 0.1) is 5.02 Å². The number of carbonyl (C=O) groups is 1. The number of nitrogens with zero attached hydrogens (tertiary/aromatic N) is 1. The fraction of sp³-hybridized carbons (Fsp3) is 0.320. The molecule has 1 N–H and O–H groups in total. The lowest BCUT2D eigenvalue weighted by Gasteiger charge is -2.21. The molecule has 1 amide bonds. The van der Waals surface area contributed by atoms with Crippen molar-refractivity contribution in [2.24, 2.45) is 0 Å². The lowest BCUT2D eigenvalue weighted by Crippen LogP contribution is -2.32. The Balaban J connectivity index is 1.46. The van der Waals surface area contributed by atoms with E-state index in [-0.39, 0.29) is 21.4 Å². The number of hydrogen-bond acceptors (Lipinski definition) is 3. The Bertz CT molecular complexity index is 1300. The molecule has 0 aromatic heterocycles. The summed E-state index contributed by atoms with van der Waals surface area (Å²) in [6.45, 7) is 0.964. The van der Waals surface area contributed by atoms with Gasteiger partial charge in [0, 0.05) is 29.7 Å². The summed E-state index contributed by atoms with van der Waals surface area (Å²) in [4.78, 5) is 13.1. The third kappa shape index (κ3) is 3.81. The van der Waals surface area contributed by atoms with Crippen LogP contribution in [0, 0.1) is 0 Å². The van der Waals surface area contributed by atoms with E-state index < -0.39 is 10.0 Å². The number of amides is 1. The number of rotatable bonds is 4. The zero-order valence-electron chi connectivity index (χ0n) is 17.7. The number of benzene rings is 3. The standard InChI is InChI=1S/C25H25ClN2O3S/c26-21-12-10-19(16-23(21)32(30,31)28-14-3-1-2-4-15-28)25(29)27-22-13-11-18-9-8-17-6-5-7-20(22)24(17)18/h5-7,10-13,16H,1-4,8-9,14-15H2,(H,27,29). The Morgan fingerprint density at radius 3 is 2.38 bits per heavy atom. The van der Waals surface area contributed by atoms with Gasteiger partial charge >= 0.3 is 0 Å². The number of halogens is 1. The molecule has 0 unspecified atom stereocenters. The van der Waals surface area contributed by atoms with Crippen LogP contribution in [0.1, 0.15) is 47.2 Å². The smallest absolute Gasteiger partial charge is 0.255 e. The summed E-state index contributed by atoms with van der Waals surface area (Å²) < 4.78 is 28.0. The van der Waals surface area contributed by atoms with Crippen molar-refractivity contribution >= 4 is 44.0 Å². The minimum absolute atomic E-state index is 0.00544. The predicted molar refractivity (Wildman–Crippen MR) is 128 cm³/mol. The fourth-order valence-electron chi connectivity index (χ4n) is 4.81. The second-order valence-electron chi connectivity index (χ2n) is 8.53. The van der Waals surface area contributed by atoms with Crippen LogP contribution in [0.3, 0.4) is 0 Å². The molecule has 2 aliphatic rings. The summed E-state index contributed by atoms with van der Waals surface area (Å²) in [5, 5.41) is 5.34. The van der Waals surface area contributed by atoms with Crippen molar-refractivity contribution < 1.29 is 13.2 Å². The molecule has 1 fully saturated rings. The van der Waals surface area contributed by atoms with E-state index in [0.717, 1.165) is 49.6 Å². The van der Waals surface area contributed by atoms with Crippen LogP contribution in [0.5, 0.6) is 0 Å². The first kappa shape index (κ1) is 21.4.